The molecule has 4 heterocycles. The molecule has 0 spiro atoms. The first-order valence-corrected chi connectivity index (χ1v) is 9.03. The minimum atomic E-state index is 0.238. The van der Waals surface area contributed by atoms with Crippen molar-refractivity contribution in [1.29, 1.82) is 5.26 Å². The second-order valence-corrected chi connectivity index (χ2v) is 6.61. The third-order valence-corrected chi connectivity index (χ3v) is 5.09. The first kappa shape index (κ1) is 17.3. The molecule has 7 heteroatoms. The zero-order valence-electron chi connectivity index (χ0n) is 15.2. The Morgan fingerprint density at radius 3 is 2.93 bits per heavy atom. The highest BCUT2D eigenvalue weighted by Gasteiger charge is 2.37. The van der Waals surface area contributed by atoms with Gasteiger partial charge in [0.2, 0.25) is 5.88 Å². The molecule has 0 aromatic carbocycles. The average Bonchev–Trinajstić information content (AvgIpc) is 3.14. The maximum Gasteiger partial charge on any atom is 0.214 e. The van der Waals surface area contributed by atoms with Gasteiger partial charge < -0.3 is 9.64 Å². The molecule has 0 radical (unpaired) electrons. The Kier molecular flexibility index (Phi) is 4.86. The molecule has 0 aliphatic carbocycles. The van der Waals surface area contributed by atoms with Crippen LogP contribution in [0.5, 0.6) is 5.88 Å². The van der Waals surface area contributed by atoms with Crippen molar-refractivity contribution in [2.75, 3.05) is 31.6 Å². The zero-order valence-corrected chi connectivity index (χ0v) is 15.2. The van der Waals surface area contributed by atoms with E-state index in [1.54, 1.807) is 19.5 Å². The van der Waals surface area contributed by atoms with E-state index in [9.17, 15) is 5.26 Å². The summed E-state index contributed by atoms with van der Waals surface area (Å²) in [6, 6.07) is 8.42. The summed E-state index contributed by atoms with van der Waals surface area (Å²) in [6.07, 6.45) is 5.34. The van der Waals surface area contributed by atoms with E-state index < -0.39 is 0 Å². The fraction of sp³-hybridized carbons (Fsp3) is 0.400. The summed E-state index contributed by atoms with van der Waals surface area (Å²) in [5.41, 5.74) is 1.12. The van der Waals surface area contributed by atoms with Gasteiger partial charge in [0.25, 0.3) is 0 Å². The molecule has 0 bridgehead atoms. The number of methoxy groups -OCH3 is 1. The molecular weight excluding hydrogens is 340 g/mol. The Labute approximate surface area is 158 Å². The van der Waals surface area contributed by atoms with Crippen LogP contribution in [0.25, 0.3) is 0 Å². The lowest BCUT2D eigenvalue weighted by atomic mass is 10.1. The SMILES string of the molecule is COc1cccc(C#C[C@H]2CC[C@H]3CN(c4nccnc4C#N)CCN32)n1. The molecule has 2 saturated heterocycles. The van der Waals surface area contributed by atoms with Gasteiger partial charge in [-0.3, -0.25) is 4.90 Å². The predicted octanol–water partition coefficient (Wildman–Crippen LogP) is 1.46. The molecule has 27 heavy (non-hydrogen) atoms. The van der Waals surface area contributed by atoms with Crippen LogP contribution >= 0.6 is 0 Å². The number of piperazine rings is 1. The molecule has 2 aromatic rings. The third-order valence-electron chi connectivity index (χ3n) is 5.09. The predicted molar refractivity (Wildman–Crippen MR) is 100 cm³/mol. The number of rotatable bonds is 2. The Hall–Kier alpha value is -3.16. The van der Waals surface area contributed by atoms with Crippen molar-refractivity contribution in [1.82, 2.24) is 19.9 Å². The van der Waals surface area contributed by atoms with E-state index in [0.717, 1.165) is 38.2 Å². The molecule has 7 nitrogen and oxygen atoms in total. The van der Waals surface area contributed by atoms with Crippen LogP contribution < -0.4 is 9.64 Å². The van der Waals surface area contributed by atoms with E-state index in [1.165, 1.54) is 0 Å². The van der Waals surface area contributed by atoms with Crippen molar-refractivity contribution in [2.45, 2.75) is 24.9 Å². The zero-order chi connectivity index (χ0) is 18.6. The molecule has 2 aliphatic heterocycles. The minimum Gasteiger partial charge on any atom is -0.481 e. The van der Waals surface area contributed by atoms with Crippen LogP contribution in [-0.4, -0.2) is 58.7 Å². The Bertz CT molecular complexity index is 928. The number of nitriles is 1. The van der Waals surface area contributed by atoms with Gasteiger partial charge in [-0.1, -0.05) is 12.0 Å². The van der Waals surface area contributed by atoms with Gasteiger partial charge in [0.1, 0.15) is 11.8 Å². The molecule has 2 aromatic heterocycles. The molecule has 2 atom stereocenters. The van der Waals surface area contributed by atoms with Crippen LogP contribution in [0.1, 0.15) is 24.2 Å². The smallest absolute Gasteiger partial charge is 0.214 e. The molecule has 0 amide bonds. The molecule has 0 unspecified atom stereocenters. The Balaban J connectivity index is 1.46. The topological polar surface area (TPSA) is 78.2 Å². The summed E-state index contributed by atoms with van der Waals surface area (Å²) in [5, 5.41) is 9.27. The van der Waals surface area contributed by atoms with E-state index in [1.807, 2.05) is 18.2 Å². The average molecular weight is 360 g/mol. The maximum absolute atomic E-state index is 9.27. The van der Waals surface area contributed by atoms with E-state index in [-0.39, 0.29) is 6.04 Å². The second kappa shape index (κ2) is 7.61. The summed E-state index contributed by atoms with van der Waals surface area (Å²) in [4.78, 5) is 17.5. The van der Waals surface area contributed by atoms with Crippen LogP contribution in [0, 0.1) is 23.2 Å². The molecular formula is C20H20N6O. The van der Waals surface area contributed by atoms with Crippen LogP contribution in [0.3, 0.4) is 0 Å². The van der Waals surface area contributed by atoms with Gasteiger partial charge in [-0.05, 0) is 24.8 Å². The molecule has 2 aliphatic rings. The van der Waals surface area contributed by atoms with Gasteiger partial charge in [0.05, 0.1) is 13.2 Å². The van der Waals surface area contributed by atoms with Crippen molar-refractivity contribution in [3.05, 3.63) is 42.0 Å². The third kappa shape index (κ3) is 3.55. The van der Waals surface area contributed by atoms with Gasteiger partial charge in [0, 0.05) is 44.1 Å². The van der Waals surface area contributed by atoms with Crippen molar-refractivity contribution >= 4 is 5.82 Å². The number of pyridine rings is 1. The van der Waals surface area contributed by atoms with E-state index in [0.29, 0.717) is 23.4 Å². The number of fused-ring (bicyclic) bond motifs is 1. The lowest BCUT2D eigenvalue weighted by molar-refractivity contribution is 0.202. The standard InChI is InChI=1S/C20H20N6O/c1-27-19-4-2-3-15(24-19)5-6-16-7-8-17-14-25(11-12-26(16)17)20-18(13-21)22-9-10-23-20/h2-4,9-10,16-17H,7-8,11-12,14H2,1H3/t16-,17-/m0/s1. The molecule has 136 valence electrons. The quantitative estimate of drug-likeness (QED) is 0.750. The summed E-state index contributed by atoms with van der Waals surface area (Å²) in [5.74, 6) is 7.85. The van der Waals surface area contributed by atoms with Crippen LogP contribution in [-0.2, 0) is 0 Å². The van der Waals surface area contributed by atoms with Gasteiger partial charge in [0.15, 0.2) is 11.5 Å². The molecule has 0 saturated carbocycles. The number of nitrogens with zero attached hydrogens (tertiary/aromatic N) is 6. The normalized spacial score (nSPS) is 21.7. The monoisotopic (exact) mass is 360 g/mol. The summed E-state index contributed by atoms with van der Waals surface area (Å²) in [6.45, 7) is 2.57. The minimum absolute atomic E-state index is 0.238. The number of ether oxygens (including phenoxy) is 1. The number of aromatic nitrogens is 3. The summed E-state index contributed by atoms with van der Waals surface area (Å²) >= 11 is 0. The van der Waals surface area contributed by atoms with E-state index in [4.69, 9.17) is 4.74 Å². The Morgan fingerprint density at radius 1 is 1.19 bits per heavy atom. The lowest BCUT2D eigenvalue weighted by Gasteiger charge is -2.39. The fourth-order valence-electron chi connectivity index (χ4n) is 3.80. The maximum atomic E-state index is 9.27. The highest BCUT2D eigenvalue weighted by atomic mass is 16.5. The fourth-order valence-corrected chi connectivity index (χ4v) is 3.80. The first-order valence-electron chi connectivity index (χ1n) is 9.03. The van der Waals surface area contributed by atoms with Crippen LogP contribution in [0.2, 0.25) is 0 Å². The van der Waals surface area contributed by atoms with Crippen molar-refractivity contribution in [3.8, 4) is 23.8 Å². The van der Waals surface area contributed by atoms with E-state index >= 15 is 0 Å². The van der Waals surface area contributed by atoms with Gasteiger partial charge in [-0.2, -0.15) is 5.26 Å². The van der Waals surface area contributed by atoms with Crippen molar-refractivity contribution in [2.24, 2.45) is 0 Å². The Morgan fingerprint density at radius 2 is 2.07 bits per heavy atom. The van der Waals surface area contributed by atoms with Gasteiger partial charge in [-0.25, -0.2) is 15.0 Å². The highest BCUT2D eigenvalue weighted by Crippen LogP contribution is 2.29. The molecule has 0 N–H and O–H groups in total. The number of anilines is 1. The van der Waals surface area contributed by atoms with Gasteiger partial charge in [-0.15, -0.1) is 0 Å². The first-order chi connectivity index (χ1) is 13.3. The van der Waals surface area contributed by atoms with Crippen LogP contribution in [0.4, 0.5) is 5.82 Å². The van der Waals surface area contributed by atoms with Gasteiger partial charge >= 0.3 is 0 Å². The molecule has 2 fully saturated rings. The number of hydrogen-bond acceptors (Lipinski definition) is 7. The van der Waals surface area contributed by atoms with Crippen LogP contribution in [0.15, 0.2) is 30.6 Å². The number of hydrogen-bond donors (Lipinski definition) is 0. The van der Waals surface area contributed by atoms with Crippen molar-refractivity contribution in [3.63, 3.8) is 0 Å². The summed E-state index contributed by atoms with van der Waals surface area (Å²) in [7, 11) is 1.61. The lowest BCUT2D eigenvalue weighted by Crippen LogP contribution is -2.52. The van der Waals surface area contributed by atoms with E-state index in [2.05, 4.69) is 42.7 Å². The highest BCUT2D eigenvalue weighted by molar-refractivity contribution is 5.50. The molecule has 4 rings (SSSR count). The van der Waals surface area contributed by atoms with Crippen molar-refractivity contribution < 1.29 is 4.74 Å². The second-order valence-electron chi connectivity index (χ2n) is 6.61. The summed E-state index contributed by atoms with van der Waals surface area (Å²) < 4.78 is 5.16. The largest absolute Gasteiger partial charge is 0.481 e.